The molecule has 1 unspecified atom stereocenters. The van der Waals surface area contributed by atoms with Gasteiger partial charge in [0.05, 0.1) is 29.9 Å². The highest BCUT2D eigenvalue weighted by atomic mass is 19.3. The number of anilines is 1. The third-order valence-electron chi connectivity index (χ3n) is 3.95. The largest absolute Gasteiger partial charge is 0.347 e. The quantitative estimate of drug-likeness (QED) is 0.644. The highest BCUT2D eigenvalue weighted by Gasteiger charge is 2.32. The number of carbonyl (C=O) groups is 1. The van der Waals surface area contributed by atoms with Crippen molar-refractivity contribution in [3.8, 4) is 6.07 Å². The van der Waals surface area contributed by atoms with Gasteiger partial charge in [-0.25, -0.2) is 9.97 Å². The number of alkyl halides is 2. The zero-order valence-electron chi connectivity index (χ0n) is 19.2. The molecule has 2 heterocycles. The van der Waals surface area contributed by atoms with Gasteiger partial charge in [-0.1, -0.05) is 13.8 Å². The second-order valence-electron chi connectivity index (χ2n) is 6.92. The van der Waals surface area contributed by atoms with Crippen molar-refractivity contribution >= 4 is 22.8 Å². The molecule has 172 valence electrons. The van der Waals surface area contributed by atoms with Gasteiger partial charge in [0.25, 0.3) is 5.91 Å². The number of nitrogens with zero attached hydrogens (tertiary/aromatic N) is 6. The van der Waals surface area contributed by atoms with Crippen molar-refractivity contribution in [2.75, 3.05) is 19.0 Å². The number of fused-ring (bicyclic) bond motifs is 1. The van der Waals surface area contributed by atoms with Crippen LogP contribution in [0.3, 0.4) is 0 Å². The minimum absolute atomic E-state index is 0.261. The van der Waals surface area contributed by atoms with Gasteiger partial charge in [-0.15, -0.1) is 0 Å². The van der Waals surface area contributed by atoms with Crippen LogP contribution in [0, 0.1) is 11.3 Å². The van der Waals surface area contributed by atoms with Crippen molar-refractivity contribution in [2.45, 2.75) is 46.2 Å². The Morgan fingerprint density at radius 3 is 2.41 bits per heavy atom. The number of halogens is 2. The monoisotopic (exact) mass is 445 g/mol. The molecule has 0 fully saturated rings. The predicted octanol–water partition coefficient (Wildman–Crippen LogP) is 3.64. The summed E-state index contributed by atoms with van der Waals surface area (Å²) >= 11 is 0. The highest BCUT2D eigenvalue weighted by molar-refractivity contribution is 5.83. The standard InChI is InChI=1S/C14H14F2N4O.C6H9N3.C2H6/c1-9(19-13(21)14(2,15)16)8-20-12-4-3-10(6-17)5-11(12)7-18-20;1-9(2)6-7-4-3-5-8-6;1-2/h3-5,7,9H,8H2,1-2H3,(H,19,21);3-5H,1-2H3;1-2H3. The van der Waals surface area contributed by atoms with Crippen LogP contribution in [0.2, 0.25) is 0 Å². The van der Waals surface area contributed by atoms with Gasteiger partial charge >= 0.3 is 5.92 Å². The molecular weight excluding hydrogens is 416 g/mol. The lowest BCUT2D eigenvalue weighted by Gasteiger charge is -2.17. The molecule has 0 aliphatic carbocycles. The van der Waals surface area contributed by atoms with E-state index in [0.29, 0.717) is 12.5 Å². The van der Waals surface area contributed by atoms with Crippen molar-refractivity contribution in [1.29, 1.82) is 5.26 Å². The lowest BCUT2D eigenvalue weighted by atomic mass is 10.2. The van der Waals surface area contributed by atoms with Gasteiger partial charge in [-0.05, 0) is 31.2 Å². The van der Waals surface area contributed by atoms with E-state index in [1.165, 1.54) is 0 Å². The number of hydrogen-bond acceptors (Lipinski definition) is 6. The molecule has 0 aliphatic rings. The number of amides is 1. The molecule has 32 heavy (non-hydrogen) atoms. The summed E-state index contributed by atoms with van der Waals surface area (Å²) in [7, 11) is 3.82. The molecule has 8 nitrogen and oxygen atoms in total. The molecule has 10 heteroatoms. The fourth-order valence-electron chi connectivity index (χ4n) is 2.48. The van der Waals surface area contributed by atoms with Crippen molar-refractivity contribution in [3.63, 3.8) is 0 Å². The lowest BCUT2D eigenvalue weighted by Crippen LogP contribution is -2.44. The molecular formula is C22H29F2N7O. The van der Waals surface area contributed by atoms with Gasteiger partial charge in [0.2, 0.25) is 5.95 Å². The van der Waals surface area contributed by atoms with Gasteiger partial charge < -0.3 is 10.2 Å². The summed E-state index contributed by atoms with van der Waals surface area (Å²) in [5.74, 6) is -3.96. The fourth-order valence-corrected chi connectivity index (χ4v) is 2.48. The predicted molar refractivity (Wildman–Crippen MR) is 120 cm³/mol. The molecule has 3 rings (SSSR count). The molecule has 0 saturated heterocycles. The van der Waals surface area contributed by atoms with Crippen LogP contribution < -0.4 is 10.2 Å². The van der Waals surface area contributed by atoms with Crippen LogP contribution in [-0.2, 0) is 11.3 Å². The summed E-state index contributed by atoms with van der Waals surface area (Å²) in [6.45, 7) is 6.44. The Balaban J connectivity index is 0.000000388. The van der Waals surface area contributed by atoms with E-state index in [1.807, 2.05) is 38.9 Å². The molecule has 3 aromatic rings. The van der Waals surface area contributed by atoms with Crippen LogP contribution in [0.4, 0.5) is 14.7 Å². The first kappa shape index (κ1) is 26.4. The van der Waals surface area contributed by atoms with Gasteiger partial charge in [0.1, 0.15) is 0 Å². The van der Waals surface area contributed by atoms with Crippen molar-refractivity contribution in [2.24, 2.45) is 0 Å². The molecule has 0 radical (unpaired) electrons. The van der Waals surface area contributed by atoms with Crippen LogP contribution in [0.1, 0.15) is 33.3 Å². The van der Waals surface area contributed by atoms with E-state index in [-0.39, 0.29) is 6.54 Å². The van der Waals surface area contributed by atoms with E-state index in [4.69, 9.17) is 5.26 Å². The minimum Gasteiger partial charge on any atom is -0.347 e. The Bertz CT molecular complexity index is 1020. The number of nitriles is 1. The Morgan fingerprint density at radius 2 is 1.91 bits per heavy atom. The van der Waals surface area contributed by atoms with E-state index < -0.39 is 17.9 Å². The zero-order valence-corrected chi connectivity index (χ0v) is 19.2. The smallest absolute Gasteiger partial charge is 0.321 e. The maximum absolute atomic E-state index is 12.8. The molecule has 0 saturated carbocycles. The second-order valence-corrected chi connectivity index (χ2v) is 6.92. The Labute approximate surface area is 186 Å². The first-order valence-electron chi connectivity index (χ1n) is 10.1. The molecule has 2 aromatic heterocycles. The lowest BCUT2D eigenvalue weighted by molar-refractivity contribution is -0.143. The van der Waals surface area contributed by atoms with E-state index in [0.717, 1.165) is 16.9 Å². The van der Waals surface area contributed by atoms with Crippen LogP contribution in [-0.4, -0.2) is 51.7 Å². The first-order chi connectivity index (χ1) is 15.1. The molecule has 1 amide bonds. The summed E-state index contributed by atoms with van der Waals surface area (Å²) in [5.41, 5.74) is 1.30. The van der Waals surface area contributed by atoms with E-state index in [1.54, 1.807) is 54.5 Å². The van der Waals surface area contributed by atoms with E-state index in [2.05, 4.69) is 20.4 Å². The normalized spacial score (nSPS) is 11.2. The average Bonchev–Trinajstić information content (AvgIpc) is 3.17. The molecule has 1 aromatic carbocycles. The minimum atomic E-state index is -3.40. The van der Waals surface area contributed by atoms with Crippen LogP contribution in [0.5, 0.6) is 0 Å². The van der Waals surface area contributed by atoms with Crippen molar-refractivity contribution in [3.05, 3.63) is 48.4 Å². The highest BCUT2D eigenvalue weighted by Crippen LogP contribution is 2.16. The molecule has 1 N–H and O–H groups in total. The number of hydrogen-bond donors (Lipinski definition) is 1. The summed E-state index contributed by atoms with van der Waals surface area (Å²) in [6, 6.07) is 8.43. The summed E-state index contributed by atoms with van der Waals surface area (Å²) in [4.78, 5) is 21.1. The molecule has 0 spiro atoms. The molecule has 0 aliphatic heterocycles. The number of nitrogens with one attached hydrogen (secondary N) is 1. The van der Waals surface area contributed by atoms with Gasteiger partial charge in [-0.2, -0.15) is 19.1 Å². The number of rotatable bonds is 5. The third kappa shape index (κ3) is 7.91. The van der Waals surface area contributed by atoms with E-state index in [9.17, 15) is 13.6 Å². The topological polar surface area (TPSA) is 99.7 Å². The Morgan fingerprint density at radius 1 is 1.28 bits per heavy atom. The fraction of sp³-hybridized carbons (Fsp3) is 0.409. The van der Waals surface area contributed by atoms with Gasteiger partial charge in [-0.3, -0.25) is 9.48 Å². The SMILES string of the molecule is CC.CC(Cn1ncc2cc(C#N)ccc21)NC(=O)C(C)(F)F.CN(C)c1ncccn1. The maximum Gasteiger partial charge on any atom is 0.321 e. The molecule has 0 bridgehead atoms. The van der Waals surface area contributed by atoms with Crippen molar-refractivity contribution in [1.82, 2.24) is 25.1 Å². The first-order valence-corrected chi connectivity index (χ1v) is 10.1. The van der Waals surface area contributed by atoms with Crippen LogP contribution in [0.15, 0.2) is 42.9 Å². The summed E-state index contributed by atoms with van der Waals surface area (Å²) < 4.78 is 27.3. The van der Waals surface area contributed by atoms with E-state index >= 15 is 0 Å². The Hall–Kier alpha value is -3.61. The number of benzene rings is 1. The maximum atomic E-state index is 12.8. The van der Waals surface area contributed by atoms with Crippen LogP contribution in [0.25, 0.3) is 10.9 Å². The Kier molecular flexibility index (Phi) is 10.2. The average molecular weight is 446 g/mol. The van der Waals surface area contributed by atoms with Crippen LogP contribution >= 0.6 is 0 Å². The summed E-state index contributed by atoms with van der Waals surface area (Å²) in [6.07, 6.45) is 5.05. The van der Waals surface area contributed by atoms with Gasteiger partial charge in [0.15, 0.2) is 0 Å². The number of aromatic nitrogens is 4. The summed E-state index contributed by atoms with van der Waals surface area (Å²) in [5, 5.41) is 16.0. The third-order valence-corrected chi connectivity index (χ3v) is 3.95. The second kappa shape index (κ2) is 12.3. The van der Waals surface area contributed by atoms with Crippen molar-refractivity contribution < 1.29 is 13.6 Å². The zero-order chi connectivity index (χ0) is 24.3. The van der Waals surface area contributed by atoms with Gasteiger partial charge in [0, 0.05) is 44.8 Å². The number of carbonyl (C=O) groups excluding carboxylic acids is 1. The molecule has 1 atom stereocenters.